The maximum atomic E-state index is 12.5. The number of carbonyl (C=O) groups is 1. The van der Waals surface area contributed by atoms with E-state index in [1.807, 2.05) is 85.6 Å². The number of carbonyl (C=O) groups excluding carboxylic acids is 1. The van der Waals surface area contributed by atoms with Crippen molar-refractivity contribution in [3.05, 3.63) is 72.8 Å². The molecule has 0 aliphatic carbocycles. The van der Waals surface area contributed by atoms with Gasteiger partial charge in [-0.2, -0.15) is 0 Å². The van der Waals surface area contributed by atoms with Crippen molar-refractivity contribution in [1.82, 2.24) is 4.90 Å². The SMILES string of the molecule is C[C@@H](C(=O)Nc1ccc2ccccc2c1)N(C)CCOc1ccccc1. The highest BCUT2D eigenvalue weighted by atomic mass is 16.5. The number of anilines is 1. The molecule has 3 aromatic carbocycles. The Labute approximate surface area is 154 Å². The topological polar surface area (TPSA) is 41.6 Å². The van der Waals surface area contributed by atoms with Crippen LogP contribution in [0.5, 0.6) is 5.75 Å². The summed E-state index contributed by atoms with van der Waals surface area (Å²) < 4.78 is 5.70. The summed E-state index contributed by atoms with van der Waals surface area (Å²) in [6.07, 6.45) is 0. The summed E-state index contributed by atoms with van der Waals surface area (Å²) in [7, 11) is 1.93. The number of rotatable bonds is 7. The van der Waals surface area contributed by atoms with E-state index < -0.39 is 0 Å². The Hall–Kier alpha value is -2.85. The minimum atomic E-state index is -0.249. The summed E-state index contributed by atoms with van der Waals surface area (Å²) in [6, 6.07) is 23.5. The zero-order chi connectivity index (χ0) is 18.4. The first-order chi connectivity index (χ1) is 12.6. The molecule has 0 bridgehead atoms. The zero-order valence-electron chi connectivity index (χ0n) is 15.2. The van der Waals surface area contributed by atoms with Gasteiger partial charge in [-0.15, -0.1) is 0 Å². The van der Waals surface area contributed by atoms with Crippen LogP contribution in [0.3, 0.4) is 0 Å². The van der Waals surface area contributed by atoms with Crippen molar-refractivity contribution in [3.8, 4) is 5.75 Å². The van der Waals surface area contributed by atoms with Crippen molar-refractivity contribution >= 4 is 22.4 Å². The molecule has 3 aromatic rings. The molecular weight excluding hydrogens is 324 g/mol. The lowest BCUT2D eigenvalue weighted by molar-refractivity contribution is -0.120. The van der Waals surface area contributed by atoms with Crippen LogP contribution in [-0.4, -0.2) is 37.0 Å². The molecule has 0 aliphatic heterocycles. The van der Waals surface area contributed by atoms with E-state index >= 15 is 0 Å². The Morgan fingerprint density at radius 1 is 1.00 bits per heavy atom. The molecule has 0 saturated carbocycles. The van der Waals surface area contributed by atoms with Gasteiger partial charge in [0.05, 0.1) is 6.04 Å². The van der Waals surface area contributed by atoms with Crippen LogP contribution < -0.4 is 10.1 Å². The van der Waals surface area contributed by atoms with Crippen LogP contribution in [0, 0.1) is 0 Å². The summed E-state index contributed by atoms with van der Waals surface area (Å²) in [5.41, 5.74) is 0.814. The predicted molar refractivity (Wildman–Crippen MR) is 107 cm³/mol. The van der Waals surface area contributed by atoms with Crippen molar-refractivity contribution in [2.75, 3.05) is 25.5 Å². The van der Waals surface area contributed by atoms with Crippen LogP contribution in [-0.2, 0) is 4.79 Å². The molecule has 0 unspecified atom stereocenters. The molecule has 26 heavy (non-hydrogen) atoms. The van der Waals surface area contributed by atoms with Gasteiger partial charge in [0.1, 0.15) is 12.4 Å². The highest BCUT2D eigenvalue weighted by molar-refractivity contribution is 5.97. The van der Waals surface area contributed by atoms with Crippen molar-refractivity contribution in [2.24, 2.45) is 0 Å². The molecule has 3 rings (SSSR count). The smallest absolute Gasteiger partial charge is 0.241 e. The van der Waals surface area contributed by atoms with Gasteiger partial charge < -0.3 is 10.1 Å². The number of hydrogen-bond acceptors (Lipinski definition) is 3. The summed E-state index contributed by atoms with van der Waals surface area (Å²) >= 11 is 0. The fourth-order valence-corrected chi connectivity index (χ4v) is 2.73. The Balaban J connectivity index is 1.52. The van der Waals surface area contributed by atoms with E-state index in [4.69, 9.17) is 4.74 Å². The van der Waals surface area contributed by atoms with Gasteiger partial charge in [-0.3, -0.25) is 9.69 Å². The van der Waals surface area contributed by atoms with Gasteiger partial charge in [-0.05, 0) is 49.0 Å². The molecule has 0 radical (unpaired) electrons. The number of para-hydroxylation sites is 1. The lowest BCUT2D eigenvalue weighted by atomic mass is 10.1. The summed E-state index contributed by atoms with van der Waals surface area (Å²) in [4.78, 5) is 14.5. The van der Waals surface area contributed by atoms with E-state index in [1.54, 1.807) is 0 Å². The molecule has 0 spiro atoms. The van der Waals surface area contributed by atoms with Crippen molar-refractivity contribution in [3.63, 3.8) is 0 Å². The van der Waals surface area contributed by atoms with E-state index in [0.29, 0.717) is 13.2 Å². The Morgan fingerprint density at radius 2 is 1.69 bits per heavy atom. The van der Waals surface area contributed by atoms with Gasteiger partial charge in [0, 0.05) is 12.2 Å². The molecule has 4 heteroatoms. The third-order valence-electron chi connectivity index (χ3n) is 4.51. The first-order valence-electron chi connectivity index (χ1n) is 8.81. The molecule has 1 atom stereocenters. The maximum absolute atomic E-state index is 12.5. The lowest BCUT2D eigenvalue weighted by Crippen LogP contribution is -2.41. The highest BCUT2D eigenvalue weighted by Gasteiger charge is 2.18. The number of benzene rings is 3. The molecule has 134 valence electrons. The van der Waals surface area contributed by atoms with E-state index in [2.05, 4.69) is 11.4 Å². The summed E-state index contributed by atoms with van der Waals surface area (Å²) in [5, 5.41) is 5.28. The quantitative estimate of drug-likeness (QED) is 0.696. The van der Waals surface area contributed by atoms with E-state index in [-0.39, 0.29) is 11.9 Å². The number of fused-ring (bicyclic) bond motifs is 1. The molecule has 1 amide bonds. The van der Waals surface area contributed by atoms with Gasteiger partial charge in [-0.25, -0.2) is 0 Å². The van der Waals surface area contributed by atoms with Crippen molar-refractivity contribution < 1.29 is 9.53 Å². The number of ether oxygens (including phenoxy) is 1. The minimum absolute atomic E-state index is 0.0255. The lowest BCUT2D eigenvalue weighted by Gasteiger charge is -2.24. The van der Waals surface area contributed by atoms with Gasteiger partial charge in [0.25, 0.3) is 0 Å². The second kappa shape index (κ2) is 8.50. The number of likely N-dealkylation sites (N-methyl/N-ethyl adjacent to an activating group) is 1. The van der Waals surface area contributed by atoms with Crippen LogP contribution in [0.1, 0.15) is 6.92 Å². The highest BCUT2D eigenvalue weighted by Crippen LogP contribution is 2.19. The Bertz CT molecular complexity index is 864. The summed E-state index contributed by atoms with van der Waals surface area (Å²) in [5.74, 6) is 0.816. The number of amides is 1. The van der Waals surface area contributed by atoms with Crippen molar-refractivity contribution in [2.45, 2.75) is 13.0 Å². The van der Waals surface area contributed by atoms with Crippen LogP contribution in [0.25, 0.3) is 10.8 Å². The molecule has 0 fully saturated rings. The monoisotopic (exact) mass is 348 g/mol. The van der Waals surface area contributed by atoms with E-state index in [0.717, 1.165) is 22.2 Å². The zero-order valence-corrected chi connectivity index (χ0v) is 15.2. The largest absolute Gasteiger partial charge is 0.492 e. The van der Waals surface area contributed by atoms with Crippen LogP contribution in [0.15, 0.2) is 72.8 Å². The van der Waals surface area contributed by atoms with Crippen LogP contribution >= 0.6 is 0 Å². The minimum Gasteiger partial charge on any atom is -0.492 e. The van der Waals surface area contributed by atoms with Gasteiger partial charge in [0.2, 0.25) is 5.91 Å². The standard InChI is InChI=1S/C22H24N2O2/c1-17(24(2)14-15-26-21-10-4-3-5-11-21)22(25)23-20-13-12-18-8-6-7-9-19(18)16-20/h3-13,16-17H,14-15H2,1-2H3,(H,23,25)/t17-/m0/s1. The first-order valence-corrected chi connectivity index (χ1v) is 8.81. The average molecular weight is 348 g/mol. The fourth-order valence-electron chi connectivity index (χ4n) is 2.73. The van der Waals surface area contributed by atoms with Gasteiger partial charge >= 0.3 is 0 Å². The molecule has 4 nitrogen and oxygen atoms in total. The van der Waals surface area contributed by atoms with Crippen LogP contribution in [0.4, 0.5) is 5.69 Å². The second-order valence-corrected chi connectivity index (χ2v) is 6.37. The molecule has 0 aromatic heterocycles. The predicted octanol–water partition coefficient (Wildman–Crippen LogP) is 4.18. The van der Waals surface area contributed by atoms with Gasteiger partial charge in [0.15, 0.2) is 0 Å². The molecular formula is C22H24N2O2. The normalized spacial score (nSPS) is 12.1. The second-order valence-electron chi connectivity index (χ2n) is 6.37. The third-order valence-corrected chi connectivity index (χ3v) is 4.51. The molecule has 0 saturated heterocycles. The number of hydrogen-bond donors (Lipinski definition) is 1. The van der Waals surface area contributed by atoms with Crippen molar-refractivity contribution in [1.29, 1.82) is 0 Å². The molecule has 0 aliphatic rings. The Kier molecular flexibility index (Phi) is 5.87. The summed E-state index contributed by atoms with van der Waals surface area (Å²) in [6.45, 7) is 3.11. The maximum Gasteiger partial charge on any atom is 0.241 e. The average Bonchev–Trinajstić information content (AvgIpc) is 2.68. The fraction of sp³-hybridized carbons (Fsp3) is 0.227. The Morgan fingerprint density at radius 3 is 2.46 bits per heavy atom. The number of nitrogens with zero attached hydrogens (tertiary/aromatic N) is 1. The van der Waals surface area contributed by atoms with E-state index in [9.17, 15) is 4.79 Å². The third kappa shape index (κ3) is 4.61. The van der Waals surface area contributed by atoms with Crippen LogP contribution in [0.2, 0.25) is 0 Å². The van der Waals surface area contributed by atoms with E-state index in [1.165, 1.54) is 0 Å². The van der Waals surface area contributed by atoms with Gasteiger partial charge in [-0.1, -0.05) is 48.5 Å². The molecule has 1 N–H and O–H groups in total. The number of nitrogens with one attached hydrogen (secondary N) is 1. The first kappa shape index (κ1) is 18.0. The molecule has 0 heterocycles.